The Morgan fingerprint density at radius 1 is 1.12 bits per heavy atom. The summed E-state index contributed by atoms with van der Waals surface area (Å²) in [5, 5.41) is 8.91. The van der Waals surface area contributed by atoms with Crippen molar-refractivity contribution in [2.75, 3.05) is 0 Å². The first-order valence-corrected chi connectivity index (χ1v) is 9.28. The van der Waals surface area contributed by atoms with Gasteiger partial charge in [0, 0.05) is 16.9 Å². The summed E-state index contributed by atoms with van der Waals surface area (Å²) in [6, 6.07) is 7.03. The van der Waals surface area contributed by atoms with Gasteiger partial charge >= 0.3 is 5.97 Å². The van der Waals surface area contributed by atoms with Crippen molar-refractivity contribution in [2.24, 2.45) is 5.92 Å². The summed E-state index contributed by atoms with van der Waals surface area (Å²) in [7, 11) is 0. The number of hydrogen-bond acceptors (Lipinski definition) is 1. The second kappa shape index (κ2) is 5.01. The van der Waals surface area contributed by atoms with Crippen LogP contribution in [0.25, 0.3) is 0 Å². The number of carbonyl (C=O) groups is 1. The standard InChI is InChI=1S/C23H26O2/c1-21(2)11-12-22(3,4)19-13-16(7-9-18(19)21)23-14-17(23)6-5-15(23)8-10-20(24)25/h5,7,9,13,17H,6,11-12,14H2,1-4H3,(H,24,25). The molecular weight excluding hydrogens is 308 g/mol. The van der Waals surface area contributed by atoms with E-state index in [0.29, 0.717) is 5.92 Å². The molecule has 1 N–H and O–H groups in total. The number of carboxylic acid groups (broad SMARTS) is 1. The average Bonchev–Trinajstić information content (AvgIpc) is 3.18. The van der Waals surface area contributed by atoms with Gasteiger partial charge in [-0.05, 0) is 59.1 Å². The van der Waals surface area contributed by atoms with Gasteiger partial charge in [0.2, 0.25) is 0 Å². The first-order valence-electron chi connectivity index (χ1n) is 9.28. The van der Waals surface area contributed by atoms with Gasteiger partial charge in [0.15, 0.2) is 0 Å². The van der Waals surface area contributed by atoms with Crippen LogP contribution in [0, 0.1) is 17.8 Å². The summed E-state index contributed by atoms with van der Waals surface area (Å²) >= 11 is 0. The van der Waals surface area contributed by atoms with Crippen molar-refractivity contribution in [3.8, 4) is 11.8 Å². The minimum absolute atomic E-state index is 0.0187. The summed E-state index contributed by atoms with van der Waals surface area (Å²) in [6.45, 7) is 9.39. The molecule has 2 heteroatoms. The monoisotopic (exact) mass is 334 g/mol. The van der Waals surface area contributed by atoms with E-state index < -0.39 is 5.97 Å². The molecule has 2 nitrogen and oxygen atoms in total. The number of aliphatic carboxylic acids is 1. The third-order valence-electron chi connectivity index (χ3n) is 6.86. The zero-order valence-corrected chi connectivity index (χ0v) is 15.6. The topological polar surface area (TPSA) is 37.3 Å². The van der Waals surface area contributed by atoms with Crippen molar-refractivity contribution in [2.45, 2.75) is 69.6 Å². The highest BCUT2D eigenvalue weighted by molar-refractivity contribution is 5.87. The van der Waals surface area contributed by atoms with E-state index in [1.54, 1.807) is 0 Å². The lowest BCUT2D eigenvalue weighted by Crippen LogP contribution is -2.34. The van der Waals surface area contributed by atoms with Crippen LogP contribution < -0.4 is 0 Å². The van der Waals surface area contributed by atoms with Crippen molar-refractivity contribution in [3.05, 3.63) is 46.5 Å². The van der Waals surface area contributed by atoms with Gasteiger partial charge in [0.05, 0.1) is 0 Å². The average molecular weight is 334 g/mol. The van der Waals surface area contributed by atoms with Crippen molar-refractivity contribution in [1.29, 1.82) is 0 Å². The van der Waals surface area contributed by atoms with Crippen LogP contribution in [0.4, 0.5) is 0 Å². The number of hydrogen-bond donors (Lipinski definition) is 1. The number of rotatable bonds is 1. The summed E-state index contributed by atoms with van der Waals surface area (Å²) in [6.07, 6.45) is 6.70. The summed E-state index contributed by atoms with van der Waals surface area (Å²) in [5.41, 5.74) is 5.70. The highest BCUT2D eigenvalue weighted by Crippen LogP contribution is 2.65. The molecule has 2 unspecified atom stereocenters. The molecule has 130 valence electrons. The first kappa shape index (κ1) is 16.5. The lowest BCUT2D eigenvalue weighted by Gasteiger charge is -2.42. The SMILES string of the molecule is CC1(C)CCC(C)(C)c2cc(C34CC3CC=C4C#CC(=O)O)ccc21. The molecule has 0 bridgehead atoms. The normalized spacial score (nSPS) is 30.4. The van der Waals surface area contributed by atoms with Gasteiger partial charge in [-0.15, -0.1) is 0 Å². The molecule has 1 aromatic carbocycles. The van der Waals surface area contributed by atoms with Crippen molar-refractivity contribution < 1.29 is 9.90 Å². The zero-order chi connectivity index (χ0) is 18.0. The molecule has 1 aromatic rings. The molecule has 3 aliphatic rings. The van der Waals surface area contributed by atoms with E-state index >= 15 is 0 Å². The van der Waals surface area contributed by atoms with Crippen LogP contribution in [-0.4, -0.2) is 11.1 Å². The summed E-state index contributed by atoms with van der Waals surface area (Å²) in [4.78, 5) is 10.9. The molecule has 4 rings (SSSR count). The third-order valence-corrected chi connectivity index (χ3v) is 6.86. The quantitative estimate of drug-likeness (QED) is 0.755. The van der Waals surface area contributed by atoms with Crippen molar-refractivity contribution in [3.63, 3.8) is 0 Å². The fourth-order valence-corrected chi connectivity index (χ4v) is 5.04. The maximum absolute atomic E-state index is 10.9. The Kier molecular flexibility index (Phi) is 3.30. The highest BCUT2D eigenvalue weighted by Gasteiger charge is 2.60. The number of allylic oxidation sites excluding steroid dienone is 2. The van der Waals surface area contributed by atoms with Gasteiger partial charge in [-0.25, -0.2) is 4.79 Å². The van der Waals surface area contributed by atoms with Crippen molar-refractivity contribution >= 4 is 5.97 Å². The number of fused-ring (bicyclic) bond motifs is 2. The van der Waals surface area contributed by atoms with E-state index in [-0.39, 0.29) is 16.2 Å². The van der Waals surface area contributed by atoms with E-state index in [9.17, 15) is 4.79 Å². The van der Waals surface area contributed by atoms with Gasteiger partial charge in [-0.1, -0.05) is 57.9 Å². The molecule has 2 atom stereocenters. The van der Waals surface area contributed by atoms with Crippen LogP contribution in [-0.2, 0) is 21.0 Å². The fourth-order valence-electron chi connectivity index (χ4n) is 5.04. The van der Waals surface area contributed by atoms with Crippen molar-refractivity contribution in [1.82, 2.24) is 0 Å². The molecule has 0 heterocycles. The Bertz CT molecular complexity index is 860. The lowest BCUT2D eigenvalue weighted by atomic mass is 9.62. The van der Waals surface area contributed by atoms with Gasteiger partial charge in [0.1, 0.15) is 0 Å². The molecule has 0 spiro atoms. The molecule has 0 amide bonds. The Labute approximate surface area is 150 Å². The van der Waals surface area contributed by atoms with Gasteiger partial charge < -0.3 is 5.11 Å². The van der Waals surface area contributed by atoms with Gasteiger partial charge in [-0.2, -0.15) is 0 Å². The van der Waals surface area contributed by atoms with Crippen LogP contribution >= 0.6 is 0 Å². The molecule has 1 fully saturated rings. The second-order valence-corrected chi connectivity index (χ2v) is 9.31. The summed E-state index contributed by atoms with van der Waals surface area (Å²) < 4.78 is 0. The molecule has 0 saturated heterocycles. The molecule has 0 aromatic heterocycles. The van der Waals surface area contributed by atoms with E-state index in [1.165, 1.54) is 29.5 Å². The summed E-state index contributed by atoms with van der Waals surface area (Å²) in [5.74, 6) is 4.82. The molecular formula is C23H26O2. The van der Waals surface area contributed by atoms with Crippen LogP contribution in [0.3, 0.4) is 0 Å². The fraction of sp³-hybridized carbons (Fsp3) is 0.522. The molecule has 0 aliphatic heterocycles. The molecule has 25 heavy (non-hydrogen) atoms. The molecule has 0 radical (unpaired) electrons. The Morgan fingerprint density at radius 2 is 1.80 bits per heavy atom. The minimum atomic E-state index is -1.05. The number of benzene rings is 1. The molecule has 1 saturated carbocycles. The largest absolute Gasteiger partial charge is 0.472 e. The van der Waals surface area contributed by atoms with Crippen LogP contribution in [0.1, 0.15) is 70.1 Å². The van der Waals surface area contributed by atoms with Crippen LogP contribution in [0.2, 0.25) is 0 Å². The highest BCUT2D eigenvalue weighted by atomic mass is 16.4. The molecule has 3 aliphatic carbocycles. The Morgan fingerprint density at radius 3 is 2.44 bits per heavy atom. The lowest BCUT2D eigenvalue weighted by molar-refractivity contribution is -0.130. The third kappa shape index (κ3) is 2.36. The number of carboxylic acids is 1. The predicted molar refractivity (Wildman–Crippen MR) is 99.6 cm³/mol. The van der Waals surface area contributed by atoms with Crippen LogP contribution in [0.5, 0.6) is 0 Å². The van der Waals surface area contributed by atoms with E-state index in [1.807, 2.05) is 0 Å². The Balaban J connectivity index is 1.80. The van der Waals surface area contributed by atoms with E-state index in [0.717, 1.165) is 18.4 Å². The zero-order valence-electron chi connectivity index (χ0n) is 15.6. The minimum Gasteiger partial charge on any atom is -0.472 e. The predicted octanol–water partition coefficient (Wildman–Crippen LogP) is 4.71. The van der Waals surface area contributed by atoms with Gasteiger partial charge in [-0.3, -0.25) is 0 Å². The first-order chi connectivity index (χ1) is 11.7. The van der Waals surface area contributed by atoms with Crippen LogP contribution in [0.15, 0.2) is 29.8 Å². The maximum Gasteiger partial charge on any atom is 0.382 e. The maximum atomic E-state index is 10.9. The smallest absolute Gasteiger partial charge is 0.382 e. The van der Waals surface area contributed by atoms with E-state index in [2.05, 4.69) is 63.8 Å². The van der Waals surface area contributed by atoms with E-state index in [4.69, 9.17) is 5.11 Å². The van der Waals surface area contributed by atoms with Gasteiger partial charge in [0.25, 0.3) is 0 Å². The second-order valence-electron chi connectivity index (χ2n) is 9.31. The Hall–Kier alpha value is -2.01.